The fourth-order valence-electron chi connectivity index (χ4n) is 2.95. The number of pyridine rings is 1. The summed E-state index contributed by atoms with van der Waals surface area (Å²) in [6.07, 6.45) is -3.49. The van der Waals surface area contributed by atoms with Crippen molar-refractivity contribution in [2.45, 2.75) is 25.2 Å². The summed E-state index contributed by atoms with van der Waals surface area (Å²) < 4.78 is 44.2. The van der Waals surface area contributed by atoms with Gasteiger partial charge in [-0.05, 0) is 37.3 Å². The summed E-state index contributed by atoms with van der Waals surface area (Å²) in [6.45, 7) is 2.11. The predicted molar refractivity (Wildman–Crippen MR) is 96.3 cm³/mol. The van der Waals surface area contributed by atoms with Crippen LogP contribution in [0.15, 0.2) is 42.6 Å². The molecule has 9 heteroatoms. The molecule has 2 aromatic rings. The second kappa shape index (κ2) is 8.15. The van der Waals surface area contributed by atoms with Crippen molar-refractivity contribution in [3.63, 3.8) is 0 Å². The first-order chi connectivity index (χ1) is 13.3. The highest BCUT2D eigenvalue weighted by molar-refractivity contribution is 5.99. The lowest BCUT2D eigenvalue weighted by Crippen LogP contribution is -2.52. The number of hydrogen-bond acceptors (Lipinski definition) is 5. The zero-order valence-electron chi connectivity index (χ0n) is 15.1. The van der Waals surface area contributed by atoms with Gasteiger partial charge in [-0.2, -0.15) is 13.2 Å². The molecule has 0 unspecified atom stereocenters. The SMILES string of the molecule is C[C@H]1CO[C@H](CO)CN1C(=O)c1cccnc1Nc1cccc(C(F)(F)F)c1. The maximum atomic E-state index is 13.0. The van der Waals surface area contributed by atoms with Gasteiger partial charge in [0.25, 0.3) is 5.91 Å². The number of ether oxygens (including phenoxy) is 1. The van der Waals surface area contributed by atoms with E-state index in [4.69, 9.17) is 4.74 Å². The number of rotatable bonds is 4. The maximum absolute atomic E-state index is 13.0. The largest absolute Gasteiger partial charge is 0.416 e. The Morgan fingerprint density at radius 2 is 2.14 bits per heavy atom. The van der Waals surface area contributed by atoms with Gasteiger partial charge in [0.15, 0.2) is 0 Å². The van der Waals surface area contributed by atoms with Gasteiger partial charge < -0.3 is 20.1 Å². The molecule has 3 rings (SSSR count). The van der Waals surface area contributed by atoms with Crippen LogP contribution in [0.5, 0.6) is 0 Å². The van der Waals surface area contributed by atoms with E-state index in [0.29, 0.717) is 0 Å². The Kier molecular flexibility index (Phi) is 5.85. The quantitative estimate of drug-likeness (QED) is 0.832. The molecule has 0 aliphatic carbocycles. The first-order valence-corrected chi connectivity index (χ1v) is 8.72. The van der Waals surface area contributed by atoms with Gasteiger partial charge in [-0.15, -0.1) is 0 Å². The number of carbonyl (C=O) groups excluding carboxylic acids is 1. The van der Waals surface area contributed by atoms with Crippen molar-refractivity contribution in [3.8, 4) is 0 Å². The number of amides is 1. The van der Waals surface area contributed by atoms with Crippen LogP contribution in [0, 0.1) is 0 Å². The molecule has 2 atom stereocenters. The molecule has 6 nitrogen and oxygen atoms in total. The molecule has 2 heterocycles. The third-order valence-electron chi connectivity index (χ3n) is 4.46. The number of aliphatic hydroxyl groups is 1. The fourth-order valence-corrected chi connectivity index (χ4v) is 2.95. The summed E-state index contributed by atoms with van der Waals surface area (Å²) in [5, 5.41) is 12.1. The second-order valence-corrected chi connectivity index (χ2v) is 6.55. The van der Waals surface area contributed by atoms with Crippen molar-refractivity contribution in [2.24, 2.45) is 0 Å². The number of nitrogens with one attached hydrogen (secondary N) is 1. The Morgan fingerprint density at radius 3 is 2.86 bits per heavy atom. The number of hydrogen-bond donors (Lipinski definition) is 2. The lowest BCUT2D eigenvalue weighted by Gasteiger charge is -2.37. The van der Waals surface area contributed by atoms with E-state index in [2.05, 4.69) is 10.3 Å². The highest BCUT2D eigenvalue weighted by Crippen LogP contribution is 2.31. The molecular weight excluding hydrogens is 375 g/mol. The highest BCUT2D eigenvalue weighted by atomic mass is 19.4. The number of halogens is 3. The highest BCUT2D eigenvalue weighted by Gasteiger charge is 2.32. The van der Waals surface area contributed by atoms with Crippen molar-refractivity contribution >= 4 is 17.4 Å². The number of aliphatic hydroxyl groups excluding tert-OH is 1. The van der Waals surface area contributed by atoms with Crippen LogP contribution >= 0.6 is 0 Å². The number of aromatic nitrogens is 1. The second-order valence-electron chi connectivity index (χ2n) is 6.55. The smallest absolute Gasteiger partial charge is 0.394 e. The van der Waals surface area contributed by atoms with Gasteiger partial charge in [-0.1, -0.05) is 6.07 Å². The molecule has 1 aromatic heterocycles. The van der Waals surface area contributed by atoms with Crippen LogP contribution in [-0.4, -0.2) is 52.8 Å². The van der Waals surface area contributed by atoms with Gasteiger partial charge in [0.05, 0.1) is 36.5 Å². The number of anilines is 2. The van der Waals surface area contributed by atoms with Gasteiger partial charge in [0, 0.05) is 18.4 Å². The number of carbonyl (C=O) groups is 1. The number of nitrogens with zero attached hydrogens (tertiary/aromatic N) is 2. The van der Waals surface area contributed by atoms with E-state index in [-0.39, 0.29) is 48.8 Å². The fraction of sp³-hybridized carbons (Fsp3) is 0.368. The van der Waals surface area contributed by atoms with Gasteiger partial charge in [-0.3, -0.25) is 4.79 Å². The summed E-state index contributed by atoms with van der Waals surface area (Å²) in [5.41, 5.74) is -0.398. The van der Waals surface area contributed by atoms with Crippen molar-refractivity contribution in [3.05, 3.63) is 53.7 Å². The van der Waals surface area contributed by atoms with Crippen LogP contribution in [0.2, 0.25) is 0 Å². The van der Waals surface area contributed by atoms with Crippen LogP contribution in [-0.2, 0) is 10.9 Å². The Hall–Kier alpha value is -2.65. The Bertz CT molecular complexity index is 844. The molecule has 1 aliphatic heterocycles. The van der Waals surface area contributed by atoms with E-state index in [1.54, 1.807) is 17.0 Å². The predicted octanol–water partition coefficient (Wildman–Crippen LogP) is 3.07. The molecule has 1 aromatic carbocycles. The Labute approximate surface area is 159 Å². The van der Waals surface area contributed by atoms with Crippen molar-refractivity contribution in [1.29, 1.82) is 0 Å². The van der Waals surface area contributed by atoms with Gasteiger partial charge in [0.2, 0.25) is 0 Å². The molecule has 1 fully saturated rings. The molecule has 0 radical (unpaired) electrons. The van der Waals surface area contributed by atoms with Crippen LogP contribution in [0.25, 0.3) is 0 Å². The molecule has 28 heavy (non-hydrogen) atoms. The Morgan fingerprint density at radius 1 is 1.36 bits per heavy atom. The van der Waals surface area contributed by atoms with Crippen LogP contribution in [0.4, 0.5) is 24.7 Å². The van der Waals surface area contributed by atoms with E-state index >= 15 is 0 Å². The van der Waals surface area contributed by atoms with E-state index in [1.807, 2.05) is 6.92 Å². The van der Waals surface area contributed by atoms with Gasteiger partial charge in [0.1, 0.15) is 5.82 Å². The molecule has 150 valence electrons. The first-order valence-electron chi connectivity index (χ1n) is 8.72. The first kappa shape index (κ1) is 20.1. The summed E-state index contributed by atoms with van der Waals surface area (Å²) in [4.78, 5) is 18.7. The summed E-state index contributed by atoms with van der Waals surface area (Å²) >= 11 is 0. The molecular formula is C19H20F3N3O3. The minimum absolute atomic E-state index is 0.158. The Balaban J connectivity index is 1.86. The zero-order chi connectivity index (χ0) is 20.3. The monoisotopic (exact) mass is 395 g/mol. The van der Waals surface area contributed by atoms with Crippen LogP contribution < -0.4 is 5.32 Å². The lowest BCUT2D eigenvalue weighted by atomic mass is 10.1. The number of morpholine rings is 1. The topological polar surface area (TPSA) is 74.7 Å². The average Bonchev–Trinajstić information content (AvgIpc) is 2.68. The minimum atomic E-state index is -4.47. The average molecular weight is 395 g/mol. The van der Waals surface area contributed by atoms with E-state index in [9.17, 15) is 23.1 Å². The molecule has 1 saturated heterocycles. The molecule has 1 amide bonds. The van der Waals surface area contributed by atoms with Crippen LogP contribution in [0.3, 0.4) is 0 Å². The van der Waals surface area contributed by atoms with Crippen LogP contribution in [0.1, 0.15) is 22.8 Å². The number of benzene rings is 1. The van der Waals surface area contributed by atoms with Crippen molar-refractivity contribution in [1.82, 2.24) is 9.88 Å². The third-order valence-corrected chi connectivity index (χ3v) is 4.46. The summed E-state index contributed by atoms with van der Waals surface area (Å²) in [5.74, 6) is -0.178. The normalized spacial score (nSPS) is 20.1. The minimum Gasteiger partial charge on any atom is -0.394 e. The summed E-state index contributed by atoms with van der Waals surface area (Å²) in [7, 11) is 0. The standard InChI is InChI=1S/C19H20F3N3O3/c1-12-11-28-15(10-26)9-25(12)18(27)16-6-3-7-23-17(16)24-14-5-2-4-13(8-14)19(20,21)22/h2-8,12,15,26H,9-11H2,1H3,(H,23,24)/t12-,15-/m0/s1. The molecule has 1 aliphatic rings. The lowest BCUT2D eigenvalue weighted by molar-refractivity contribution is -0.137. The van der Waals surface area contributed by atoms with E-state index in [1.165, 1.54) is 18.3 Å². The molecule has 2 N–H and O–H groups in total. The molecule has 0 spiro atoms. The van der Waals surface area contributed by atoms with Crippen molar-refractivity contribution < 1.29 is 27.8 Å². The molecule has 0 bridgehead atoms. The van der Waals surface area contributed by atoms with Crippen molar-refractivity contribution in [2.75, 3.05) is 25.1 Å². The van der Waals surface area contributed by atoms with Gasteiger partial charge in [-0.25, -0.2) is 4.98 Å². The third kappa shape index (κ3) is 4.42. The van der Waals surface area contributed by atoms with E-state index < -0.39 is 17.8 Å². The summed E-state index contributed by atoms with van der Waals surface area (Å²) in [6, 6.07) is 7.61. The van der Waals surface area contributed by atoms with E-state index in [0.717, 1.165) is 12.1 Å². The maximum Gasteiger partial charge on any atom is 0.416 e. The molecule has 0 saturated carbocycles. The number of alkyl halides is 3. The van der Waals surface area contributed by atoms with Gasteiger partial charge >= 0.3 is 6.18 Å². The zero-order valence-corrected chi connectivity index (χ0v) is 15.1.